The van der Waals surface area contributed by atoms with E-state index in [-0.39, 0.29) is 17.7 Å². The Kier molecular flexibility index (Phi) is 3.46. The van der Waals surface area contributed by atoms with Crippen LogP contribution < -0.4 is 10.5 Å². The first-order valence-electron chi connectivity index (χ1n) is 6.97. The van der Waals surface area contributed by atoms with E-state index in [1.54, 1.807) is 0 Å². The van der Waals surface area contributed by atoms with Gasteiger partial charge in [0.05, 0.1) is 12.7 Å². The molecule has 3 nitrogen and oxygen atoms in total. The SMILES string of the molecule is CCC1CC2(CCO1)C[C@@H](N)c1cc(Cl)ccc1O2. The van der Waals surface area contributed by atoms with E-state index >= 15 is 0 Å². The van der Waals surface area contributed by atoms with E-state index in [0.717, 1.165) is 43.6 Å². The smallest absolute Gasteiger partial charge is 0.125 e. The van der Waals surface area contributed by atoms with Crippen LogP contribution in [0.25, 0.3) is 0 Å². The third kappa shape index (κ3) is 2.47. The summed E-state index contributed by atoms with van der Waals surface area (Å²) in [5, 5.41) is 0.715. The summed E-state index contributed by atoms with van der Waals surface area (Å²) < 4.78 is 12.1. The van der Waals surface area contributed by atoms with E-state index in [1.807, 2.05) is 18.2 Å². The predicted molar refractivity (Wildman–Crippen MR) is 75.6 cm³/mol. The van der Waals surface area contributed by atoms with Gasteiger partial charge in [-0.1, -0.05) is 18.5 Å². The van der Waals surface area contributed by atoms with Crippen LogP contribution in [0.3, 0.4) is 0 Å². The molecule has 1 aromatic rings. The van der Waals surface area contributed by atoms with Crippen LogP contribution >= 0.6 is 11.6 Å². The number of hydrogen-bond donors (Lipinski definition) is 1. The lowest BCUT2D eigenvalue weighted by Crippen LogP contribution is -2.49. The number of benzene rings is 1. The quantitative estimate of drug-likeness (QED) is 0.857. The molecule has 19 heavy (non-hydrogen) atoms. The highest BCUT2D eigenvalue weighted by Gasteiger charge is 2.43. The summed E-state index contributed by atoms with van der Waals surface area (Å²) in [4.78, 5) is 0. The van der Waals surface area contributed by atoms with Crippen LogP contribution in [0.2, 0.25) is 5.02 Å². The molecule has 3 rings (SSSR count). The molecule has 1 saturated heterocycles. The summed E-state index contributed by atoms with van der Waals surface area (Å²) in [7, 11) is 0. The summed E-state index contributed by atoms with van der Waals surface area (Å²) >= 11 is 6.03. The zero-order valence-corrected chi connectivity index (χ0v) is 12.0. The van der Waals surface area contributed by atoms with E-state index in [2.05, 4.69) is 6.92 Å². The highest BCUT2D eigenvalue weighted by atomic mass is 35.5. The molecule has 0 saturated carbocycles. The molecular formula is C15H20ClNO2. The molecule has 1 spiro atoms. The van der Waals surface area contributed by atoms with Crippen molar-refractivity contribution in [3.8, 4) is 5.75 Å². The van der Waals surface area contributed by atoms with Gasteiger partial charge < -0.3 is 15.2 Å². The second-order valence-corrected chi connectivity index (χ2v) is 6.07. The van der Waals surface area contributed by atoms with Gasteiger partial charge in [-0.3, -0.25) is 0 Å². The Labute approximate surface area is 119 Å². The standard InChI is InChI=1S/C15H20ClNO2/c1-2-11-8-15(5-6-18-11)9-13(17)12-7-10(16)3-4-14(12)19-15/h3-4,7,11,13H,2,5-6,8-9,17H2,1H3/t11?,13-,15?/m1/s1. The fourth-order valence-corrected chi connectivity index (χ4v) is 3.40. The molecule has 2 aliphatic heterocycles. The van der Waals surface area contributed by atoms with Crippen LogP contribution in [0.5, 0.6) is 5.75 Å². The molecule has 4 heteroatoms. The fourth-order valence-electron chi connectivity index (χ4n) is 3.22. The zero-order valence-electron chi connectivity index (χ0n) is 11.2. The van der Waals surface area contributed by atoms with Gasteiger partial charge in [0.1, 0.15) is 11.4 Å². The lowest BCUT2D eigenvalue weighted by molar-refractivity contribution is -0.102. The highest BCUT2D eigenvalue weighted by molar-refractivity contribution is 6.30. The lowest BCUT2D eigenvalue weighted by atomic mass is 9.80. The number of rotatable bonds is 1. The average Bonchev–Trinajstić information content (AvgIpc) is 2.40. The molecule has 0 bridgehead atoms. The first kappa shape index (κ1) is 13.2. The minimum Gasteiger partial charge on any atom is -0.487 e. The number of fused-ring (bicyclic) bond motifs is 1. The van der Waals surface area contributed by atoms with Crippen LogP contribution in [0.15, 0.2) is 18.2 Å². The van der Waals surface area contributed by atoms with Crippen molar-refractivity contribution in [2.45, 2.75) is 50.4 Å². The molecule has 1 aromatic carbocycles. The van der Waals surface area contributed by atoms with Crippen molar-refractivity contribution in [2.75, 3.05) is 6.61 Å². The number of halogens is 1. The van der Waals surface area contributed by atoms with Crippen LogP contribution in [-0.4, -0.2) is 18.3 Å². The van der Waals surface area contributed by atoms with Crippen molar-refractivity contribution in [1.82, 2.24) is 0 Å². The molecule has 2 unspecified atom stereocenters. The molecule has 1 fully saturated rings. The van der Waals surface area contributed by atoms with Crippen molar-refractivity contribution >= 4 is 11.6 Å². The van der Waals surface area contributed by atoms with Gasteiger partial charge in [0.25, 0.3) is 0 Å². The van der Waals surface area contributed by atoms with Gasteiger partial charge in [0, 0.05) is 35.9 Å². The Balaban J connectivity index is 1.89. The van der Waals surface area contributed by atoms with Gasteiger partial charge >= 0.3 is 0 Å². The van der Waals surface area contributed by atoms with Gasteiger partial charge in [0.2, 0.25) is 0 Å². The molecule has 3 atom stereocenters. The Morgan fingerprint density at radius 2 is 2.26 bits per heavy atom. The summed E-state index contributed by atoms with van der Waals surface area (Å²) in [6, 6.07) is 5.72. The maximum absolute atomic E-state index is 6.33. The molecule has 104 valence electrons. The van der Waals surface area contributed by atoms with Crippen molar-refractivity contribution in [3.63, 3.8) is 0 Å². The molecule has 2 heterocycles. The number of ether oxygens (including phenoxy) is 2. The van der Waals surface area contributed by atoms with Crippen LogP contribution in [0.4, 0.5) is 0 Å². The van der Waals surface area contributed by atoms with Crippen LogP contribution in [-0.2, 0) is 4.74 Å². The minimum atomic E-state index is -0.154. The van der Waals surface area contributed by atoms with Gasteiger partial charge in [-0.2, -0.15) is 0 Å². The minimum absolute atomic E-state index is 0.00180. The van der Waals surface area contributed by atoms with E-state index in [9.17, 15) is 0 Å². The molecule has 2 N–H and O–H groups in total. The maximum Gasteiger partial charge on any atom is 0.125 e. The molecule has 2 aliphatic rings. The fraction of sp³-hybridized carbons (Fsp3) is 0.600. The van der Waals surface area contributed by atoms with E-state index in [1.165, 1.54) is 0 Å². The topological polar surface area (TPSA) is 44.5 Å². The third-order valence-electron chi connectivity index (χ3n) is 4.26. The number of hydrogen-bond acceptors (Lipinski definition) is 3. The van der Waals surface area contributed by atoms with Gasteiger partial charge in [-0.05, 0) is 24.6 Å². The van der Waals surface area contributed by atoms with E-state index in [4.69, 9.17) is 26.8 Å². The van der Waals surface area contributed by atoms with Gasteiger partial charge in [0.15, 0.2) is 0 Å². The second kappa shape index (κ2) is 4.97. The Morgan fingerprint density at radius 3 is 3.05 bits per heavy atom. The van der Waals surface area contributed by atoms with Crippen molar-refractivity contribution in [3.05, 3.63) is 28.8 Å². The first-order chi connectivity index (χ1) is 9.12. The monoisotopic (exact) mass is 281 g/mol. The van der Waals surface area contributed by atoms with Crippen LogP contribution in [0, 0.1) is 0 Å². The van der Waals surface area contributed by atoms with E-state index in [0.29, 0.717) is 5.02 Å². The zero-order chi connectivity index (χ0) is 13.5. The third-order valence-corrected chi connectivity index (χ3v) is 4.49. The predicted octanol–water partition coefficient (Wildman–Crippen LogP) is 3.45. The van der Waals surface area contributed by atoms with Crippen molar-refractivity contribution in [1.29, 1.82) is 0 Å². The molecule has 0 aromatic heterocycles. The van der Waals surface area contributed by atoms with Crippen LogP contribution in [0.1, 0.15) is 44.2 Å². The Morgan fingerprint density at radius 1 is 1.42 bits per heavy atom. The van der Waals surface area contributed by atoms with Gasteiger partial charge in [-0.15, -0.1) is 0 Å². The highest BCUT2D eigenvalue weighted by Crippen LogP contribution is 2.45. The second-order valence-electron chi connectivity index (χ2n) is 5.63. The molecule has 0 radical (unpaired) electrons. The summed E-state index contributed by atoms with van der Waals surface area (Å²) in [6.07, 6.45) is 4.00. The molecule has 0 amide bonds. The number of nitrogens with two attached hydrogens (primary N) is 1. The van der Waals surface area contributed by atoms with Gasteiger partial charge in [-0.25, -0.2) is 0 Å². The summed E-state index contributed by atoms with van der Waals surface area (Å²) in [5.74, 6) is 0.889. The lowest BCUT2D eigenvalue weighted by Gasteiger charge is -2.45. The average molecular weight is 282 g/mol. The molecular weight excluding hydrogens is 262 g/mol. The first-order valence-corrected chi connectivity index (χ1v) is 7.35. The summed E-state index contributed by atoms with van der Waals surface area (Å²) in [5.41, 5.74) is 7.20. The Hall–Kier alpha value is -0.770. The maximum atomic E-state index is 6.33. The Bertz CT molecular complexity index is 479. The van der Waals surface area contributed by atoms with E-state index < -0.39 is 0 Å². The van der Waals surface area contributed by atoms with Crippen molar-refractivity contribution in [2.24, 2.45) is 5.73 Å². The normalized spacial score (nSPS) is 33.8. The van der Waals surface area contributed by atoms with Crippen molar-refractivity contribution < 1.29 is 9.47 Å². The molecule has 0 aliphatic carbocycles. The summed E-state index contributed by atoms with van der Waals surface area (Å²) in [6.45, 7) is 2.91. The largest absolute Gasteiger partial charge is 0.487 e.